The van der Waals surface area contributed by atoms with Crippen LogP contribution in [0.4, 0.5) is 5.69 Å². The molecule has 20 heavy (non-hydrogen) atoms. The van der Waals surface area contributed by atoms with Gasteiger partial charge in [-0.15, -0.1) is 0 Å². The quantitative estimate of drug-likeness (QED) is 0.929. The Hall–Kier alpha value is -2.20. The molecule has 1 aromatic carbocycles. The minimum atomic E-state index is 0.184. The van der Waals surface area contributed by atoms with Crippen molar-refractivity contribution in [1.29, 1.82) is 0 Å². The number of benzene rings is 1. The van der Waals surface area contributed by atoms with Crippen LogP contribution in [0.5, 0.6) is 0 Å². The predicted octanol–water partition coefficient (Wildman–Crippen LogP) is 2.66. The maximum Gasteiger partial charge on any atom is 0.0843 e. The van der Waals surface area contributed by atoms with Gasteiger partial charge in [0.15, 0.2) is 0 Å². The Bertz CT molecular complexity index is 621. The van der Waals surface area contributed by atoms with Gasteiger partial charge in [-0.1, -0.05) is 18.2 Å². The van der Waals surface area contributed by atoms with Crippen LogP contribution < -0.4 is 10.7 Å². The number of aryl methyl sites for hydroxylation is 1. The van der Waals surface area contributed by atoms with E-state index in [9.17, 15) is 0 Å². The lowest BCUT2D eigenvalue weighted by Gasteiger charge is -2.24. The van der Waals surface area contributed by atoms with E-state index in [1.807, 2.05) is 12.3 Å². The number of hydrogen-bond donors (Lipinski definition) is 1. The van der Waals surface area contributed by atoms with Crippen molar-refractivity contribution in [1.82, 2.24) is 4.98 Å². The number of anilines is 1. The van der Waals surface area contributed by atoms with Gasteiger partial charge in [0.05, 0.1) is 17.4 Å². The maximum atomic E-state index is 5.77. The Balaban J connectivity index is 1.98. The average Bonchev–Trinajstić information content (AvgIpc) is 2.92. The highest BCUT2D eigenvalue weighted by Gasteiger charge is 2.28. The van der Waals surface area contributed by atoms with Gasteiger partial charge < -0.3 is 5.73 Å². The second-order valence-corrected chi connectivity index (χ2v) is 5.06. The lowest BCUT2D eigenvalue weighted by molar-refractivity contribution is 0.704. The fourth-order valence-electron chi connectivity index (χ4n) is 2.54. The lowest BCUT2D eigenvalue weighted by atomic mass is 10.0. The summed E-state index contributed by atoms with van der Waals surface area (Å²) in [4.78, 5) is 4.22. The number of nitrogens with two attached hydrogens (primary N) is 1. The van der Waals surface area contributed by atoms with Crippen LogP contribution in [-0.4, -0.2) is 17.2 Å². The molecule has 1 unspecified atom stereocenters. The Morgan fingerprint density at radius 2 is 2.20 bits per heavy atom. The summed E-state index contributed by atoms with van der Waals surface area (Å²) in [5.41, 5.74) is 10.3. The van der Waals surface area contributed by atoms with E-state index >= 15 is 0 Å². The molecule has 0 fully saturated rings. The smallest absolute Gasteiger partial charge is 0.0843 e. The zero-order valence-corrected chi connectivity index (χ0v) is 11.5. The summed E-state index contributed by atoms with van der Waals surface area (Å²) in [5.74, 6) is 0. The van der Waals surface area contributed by atoms with Gasteiger partial charge in [-0.25, -0.2) is 0 Å². The highest BCUT2D eigenvalue weighted by Crippen LogP contribution is 2.34. The third-order valence-electron chi connectivity index (χ3n) is 3.54. The van der Waals surface area contributed by atoms with Gasteiger partial charge in [0, 0.05) is 25.4 Å². The Morgan fingerprint density at radius 3 is 2.90 bits per heavy atom. The highest BCUT2D eigenvalue weighted by atomic mass is 15.5. The first-order valence-corrected chi connectivity index (χ1v) is 6.80. The van der Waals surface area contributed by atoms with Gasteiger partial charge in [-0.2, -0.15) is 5.10 Å². The maximum absolute atomic E-state index is 5.77. The summed E-state index contributed by atoms with van der Waals surface area (Å²) in [6, 6.07) is 12.6. The van der Waals surface area contributed by atoms with Crippen LogP contribution in [0.1, 0.15) is 23.6 Å². The Kier molecular flexibility index (Phi) is 3.48. The zero-order chi connectivity index (χ0) is 13.9. The first kappa shape index (κ1) is 12.8. The first-order valence-electron chi connectivity index (χ1n) is 6.80. The van der Waals surface area contributed by atoms with Gasteiger partial charge in [0.25, 0.3) is 0 Å². The third kappa shape index (κ3) is 2.42. The van der Waals surface area contributed by atoms with Crippen LogP contribution in [-0.2, 0) is 0 Å². The highest BCUT2D eigenvalue weighted by molar-refractivity contribution is 5.90. The van der Waals surface area contributed by atoms with Crippen molar-refractivity contribution in [3.63, 3.8) is 0 Å². The zero-order valence-electron chi connectivity index (χ0n) is 11.5. The largest absolute Gasteiger partial charge is 0.325 e. The van der Waals surface area contributed by atoms with E-state index in [1.165, 1.54) is 11.1 Å². The van der Waals surface area contributed by atoms with Crippen molar-refractivity contribution in [2.45, 2.75) is 19.4 Å². The first-order chi connectivity index (χ1) is 9.78. The molecule has 2 N–H and O–H groups in total. The third-order valence-corrected chi connectivity index (χ3v) is 3.54. The number of hydrazone groups is 1. The van der Waals surface area contributed by atoms with Crippen molar-refractivity contribution in [3.05, 3.63) is 59.9 Å². The van der Waals surface area contributed by atoms with Crippen LogP contribution in [0.3, 0.4) is 0 Å². The van der Waals surface area contributed by atoms with E-state index in [-0.39, 0.29) is 6.04 Å². The molecule has 0 saturated heterocycles. The molecule has 0 bridgehead atoms. The SMILES string of the molecule is Cc1cccc(N2N=C(CN)CC2c2cccnc2)c1. The van der Waals surface area contributed by atoms with Gasteiger partial charge >= 0.3 is 0 Å². The number of aromatic nitrogens is 1. The molecule has 4 nitrogen and oxygen atoms in total. The molecular formula is C16H18N4. The summed E-state index contributed by atoms with van der Waals surface area (Å²) < 4.78 is 0. The molecule has 4 heteroatoms. The molecule has 1 atom stereocenters. The van der Waals surface area contributed by atoms with Crippen LogP contribution in [0.25, 0.3) is 0 Å². The van der Waals surface area contributed by atoms with E-state index in [1.54, 1.807) is 6.20 Å². The molecule has 0 aliphatic carbocycles. The van der Waals surface area contributed by atoms with Crippen LogP contribution in [0.2, 0.25) is 0 Å². The normalized spacial score (nSPS) is 18.2. The van der Waals surface area contributed by atoms with Crippen molar-refractivity contribution in [2.24, 2.45) is 10.8 Å². The fourth-order valence-corrected chi connectivity index (χ4v) is 2.54. The molecule has 0 amide bonds. The summed E-state index contributed by atoms with van der Waals surface area (Å²) in [7, 11) is 0. The summed E-state index contributed by atoms with van der Waals surface area (Å²) in [6.07, 6.45) is 4.55. The Morgan fingerprint density at radius 1 is 1.30 bits per heavy atom. The van der Waals surface area contributed by atoms with E-state index in [0.29, 0.717) is 6.54 Å². The molecule has 2 aromatic rings. The number of nitrogens with zero attached hydrogens (tertiary/aromatic N) is 3. The van der Waals surface area contributed by atoms with Crippen molar-refractivity contribution in [2.75, 3.05) is 11.6 Å². The molecule has 2 heterocycles. The molecule has 1 aliphatic heterocycles. The van der Waals surface area contributed by atoms with Crippen molar-refractivity contribution >= 4 is 11.4 Å². The topological polar surface area (TPSA) is 54.5 Å². The second-order valence-electron chi connectivity index (χ2n) is 5.06. The Labute approximate surface area is 118 Å². The van der Waals surface area contributed by atoms with Crippen molar-refractivity contribution < 1.29 is 0 Å². The molecule has 102 valence electrons. The second kappa shape index (κ2) is 5.43. The standard InChI is InChI=1S/C16H18N4/c1-12-4-2-6-15(8-12)20-16(9-14(10-17)19-20)13-5-3-7-18-11-13/h2-8,11,16H,9-10,17H2,1H3. The summed E-state index contributed by atoms with van der Waals surface area (Å²) >= 11 is 0. The molecule has 0 radical (unpaired) electrons. The van der Waals surface area contributed by atoms with Crippen LogP contribution >= 0.6 is 0 Å². The van der Waals surface area contributed by atoms with E-state index in [2.05, 4.69) is 52.3 Å². The van der Waals surface area contributed by atoms with Crippen LogP contribution in [0, 0.1) is 6.92 Å². The molecule has 1 aromatic heterocycles. The minimum absolute atomic E-state index is 0.184. The minimum Gasteiger partial charge on any atom is -0.325 e. The number of rotatable bonds is 3. The average molecular weight is 266 g/mol. The van der Waals surface area contributed by atoms with Gasteiger partial charge in [0.1, 0.15) is 0 Å². The van der Waals surface area contributed by atoms with Crippen LogP contribution in [0.15, 0.2) is 53.9 Å². The molecule has 0 spiro atoms. The number of hydrogen-bond acceptors (Lipinski definition) is 4. The van der Waals surface area contributed by atoms with Gasteiger partial charge in [-0.05, 0) is 36.2 Å². The van der Waals surface area contributed by atoms with Gasteiger partial charge in [-0.3, -0.25) is 9.99 Å². The molecule has 1 aliphatic rings. The summed E-state index contributed by atoms with van der Waals surface area (Å²) in [5, 5.41) is 6.73. The van der Waals surface area contributed by atoms with E-state index in [4.69, 9.17) is 5.73 Å². The molecule has 3 rings (SSSR count). The fraction of sp³-hybridized carbons (Fsp3) is 0.250. The van der Waals surface area contributed by atoms with E-state index < -0.39 is 0 Å². The molecule has 0 saturated carbocycles. The van der Waals surface area contributed by atoms with E-state index in [0.717, 1.165) is 17.8 Å². The monoisotopic (exact) mass is 266 g/mol. The molecular weight excluding hydrogens is 248 g/mol. The summed E-state index contributed by atoms with van der Waals surface area (Å²) in [6.45, 7) is 2.59. The number of pyridine rings is 1. The van der Waals surface area contributed by atoms with Gasteiger partial charge in [0.2, 0.25) is 0 Å². The van der Waals surface area contributed by atoms with Crippen molar-refractivity contribution in [3.8, 4) is 0 Å². The predicted molar refractivity (Wildman–Crippen MR) is 81.7 cm³/mol. The lowest BCUT2D eigenvalue weighted by Crippen LogP contribution is -2.18.